The molecule has 0 amide bonds. The summed E-state index contributed by atoms with van der Waals surface area (Å²) in [5, 5.41) is 11.2. The number of ether oxygens (including phenoxy) is 3. The number of carbonyl (C=O) groups is 1. The first-order chi connectivity index (χ1) is 12.8. The molecule has 5 heteroatoms. The van der Waals surface area contributed by atoms with E-state index in [0.717, 1.165) is 32.1 Å². The second-order valence-corrected chi connectivity index (χ2v) is 9.95. The Morgan fingerprint density at radius 3 is 2.63 bits per heavy atom. The van der Waals surface area contributed by atoms with Crippen LogP contribution in [-0.2, 0) is 19.0 Å². The fourth-order valence-electron chi connectivity index (χ4n) is 7.03. The van der Waals surface area contributed by atoms with Gasteiger partial charge in [-0.3, -0.25) is 4.79 Å². The average molecular weight is 381 g/mol. The maximum absolute atomic E-state index is 11.9. The highest BCUT2D eigenvalue weighted by atomic mass is 16.6. The van der Waals surface area contributed by atoms with E-state index in [2.05, 4.69) is 13.8 Å². The van der Waals surface area contributed by atoms with Crippen molar-refractivity contribution in [2.24, 2.45) is 28.6 Å². The third-order valence-corrected chi connectivity index (χ3v) is 8.82. The molecule has 1 aliphatic heterocycles. The molecule has 4 aliphatic rings. The zero-order valence-corrected chi connectivity index (χ0v) is 17.3. The number of fused-ring (bicyclic) bond motifs is 5. The standard InChI is InChI=1S/C22H36O5/c1-5-18(24)27-17-12-26-20-19-15(7-9-22(17,20)3)21(2)8-6-14(25-4)10-13(21)11-16(19)23/h13-17,19-20,23H,5-12H2,1-4H3/t13?,14-,15?,16?,17-,19?,20?,21-,22+/m0/s1. The molecule has 1 heterocycles. The molecule has 4 fully saturated rings. The predicted molar refractivity (Wildman–Crippen MR) is 101 cm³/mol. The van der Waals surface area contributed by atoms with Crippen LogP contribution >= 0.6 is 0 Å². The topological polar surface area (TPSA) is 65.0 Å². The van der Waals surface area contributed by atoms with Gasteiger partial charge in [-0.05, 0) is 55.8 Å². The van der Waals surface area contributed by atoms with E-state index in [1.807, 2.05) is 14.0 Å². The molecule has 5 unspecified atom stereocenters. The molecule has 0 aromatic carbocycles. The first kappa shape index (κ1) is 19.7. The summed E-state index contributed by atoms with van der Waals surface area (Å²) < 4.78 is 17.7. The van der Waals surface area contributed by atoms with E-state index in [0.29, 0.717) is 31.0 Å². The van der Waals surface area contributed by atoms with E-state index in [1.54, 1.807) is 0 Å². The Labute approximate surface area is 163 Å². The Kier molecular flexibility index (Phi) is 5.09. The van der Waals surface area contributed by atoms with Gasteiger partial charge in [-0.25, -0.2) is 0 Å². The lowest BCUT2D eigenvalue weighted by atomic mass is 9.45. The van der Waals surface area contributed by atoms with Crippen molar-refractivity contribution in [1.82, 2.24) is 0 Å². The molecule has 0 aromatic rings. The van der Waals surface area contributed by atoms with Crippen molar-refractivity contribution in [3.8, 4) is 0 Å². The number of carbonyl (C=O) groups excluding carboxylic acids is 1. The third-order valence-electron chi connectivity index (χ3n) is 8.82. The Balaban J connectivity index is 1.58. The summed E-state index contributed by atoms with van der Waals surface area (Å²) in [6.07, 6.45) is 6.47. The lowest BCUT2D eigenvalue weighted by molar-refractivity contribution is -0.194. The lowest BCUT2D eigenvalue weighted by Gasteiger charge is -2.61. The smallest absolute Gasteiger partial charge is 0.305 e. The van der Waals surface area contributed by atoms with Gasteiger partial charge in [-0.15, -0.1) is 0 Å². The Bertz CT molecular complexity index is 579. The summed E-state index contributed by atoms with van der Waals surface area (Å²) in [6.45, 7) is 6.95. The van der Waals surface area contributed by atoms with Gasteiger partial charge in [0.1, 0.15) is 6.10 Å². The first-order valence-corrected chi connectivity index (χ1v) is 10.9. The maximum Gasteiger partial charge on any atom is 0.305 e. The molecule has 27 heavy (non-hydrogen) atoms. The minimum atomic E-state index is -0.339. The number of rotatable bonds is 3. The van der Waals surface area contributed by atoms with Gasteiger partial charge in [0.25, 0.3) is 0 Å². The van der Waals surface area contributed by atoms with E-state index in [1.165, 1.54) is 6.42 Å². The van der Waals surface area contributed by atoms with E-state index >= 15 is 0 Å². The molecule has 0 radical (unpaired) electrons. The van der Waals surface area contributed by atoms with Gasteiger partial charge < -0.3 is 19.3 Å². The van der Waals surface area contributed by atoms with Gasteiger partial charge in [0.2, 0.25) is 0 Å². The van der Waals surface area contributed by atoms with Crippen LogP contribution in [0.15, 0.2) is 0 Å². The Morgan fingerprint density at radius 2 is 1.93 bits per heavy atom. The Hall–Kier alpha value is -0.650. The molecule has 1 saturated heterocycles. The number of aliphatic hydroxyl groups is 1. The SMILES string of the molecule is CCC(=O)O[C@H]1COC2C3C(O)CC4C[C@@H](OC)CC[C@]4(C)C3CC[C@@]21C. The van der Waals surface area contributed by atoms with Gasteiger partial charge in [0, 0.05) is 24.9 Å². The molecule has 0 aromatic heterocycles. The maximum atomic E-state index is 11.9. The fourth-order valence-corrected chi connectivity index (χ4v) is 7.03. The fraction of sp³-hybridized carbons (Fsp3) is 0.955. The van der Waals surface area contributed by atoms with Crippen LogP contribution in [0.4, 0.5) is 0 Å². The van der Waals surface area contributed by atoms with Crippen LogP contribution in [0, 0.1) is 28.6 Å². The van der Waals surface area contributed by atoms with Crippen LogP contribution in [0.2, 0.25) is 0 Å². The highest BCUT2D eigenvalue weighted by Gasteiger charge is 2.64. The number of methoxy groups -OCH3 is 1. The van der Waals surface area contributed by atoms with Gasteiger partial charge >= 0.3 is 5.97 Å². The van der Waals surface area contributed by atoms with Gasteiger partial charge in [-0.2, -0.15) is 0 Å². The second kappa shape index (κ2) is 7.00. The molecule has 3 saturated carbocycles. The van der Waals surface area contributed by atoms with E-state index in [4.69, 9.17) is 14.2 Å². The van der Waals surface area contributed by atoms with Crippen molar-refractivity contribution in [2.45, 2.75) is 90.1 Å². The Morgan fingerprint density at radius 1 is 1.19 bits per heavy atom. The lowest BCUT2D eigenvalue weighted by Crippen LogP contribution is -2.61. The van der Waals surface area contributed by atoms with E-state index in [9.17, 15) is 9.90 Å². The van der Waals surface area contributed by atoms with Crippen LogP contribution < -0.4 is 0 Å². The highest BCUT2D eigenvalue weighted by Crippen LogP contribution is 2.63. The molecule has 0 bridgehead atoms. The predicted octanol–water partition coefficient (Wildman–Crippen LogP) is 3.33. The van der Waals surface area contributed by atoms with Crippen molar-refractivity contribution in [3.63, 3.8) is 0 Å². The average Bonchev–Trinajstić information content (AvgIpc) is 2.98. The molecular weight excluding hydrogens is 344 g/mol. The summed E-state index contributed by atoms with van der Waals surface area (Å²) in [5.41, 5.74) is 0.0711. The third kappa shape index (κ3) is 2.96. The molecule has 154 valence electrons. The monoisotopic (exact) mass is 380 g/mol. The van der Waals surface area contributed by atoms with Gasteiger partial charge in [0.15, 0.2) is 0 Å². The van der Waals surface area contributed by atoms with E-state index < -0.39 is 0 Å². The number of hydrogen-bond donors (Lipinski definition) is 1. The zero-order chi connectivity index (χ0) is 19.4. The summed E-state index contributed by atoms with van der Waals surface area (Å²) in [5.74, 6) is 0.991. The highest BCUT2D eigenvalue weighted by molar-refractivity contribution is 5.69. The van der Waals surface area contributed by atoms with Crippen LogP contribution in [0.5, 0.6) is 0 Å². The molecule has 0 spiro atoms. The van der Waals surface area contributed by atoms with Crippen LogP contribution in [0.1, 0.15) is 65.7 Å². The molecule has 5 nitrogen and oxygen atoms in total. The molecule has 4 rings (SSSR count). The first-order valence-electron chi connectivity index (χ1n) is 10.9. The molecule has 9 atom stereocenters. The number of aliphatic hydroxyl groups excluding tert-OH is 1. The van der Waals surface area contributed by atoms with Crippen LogP contribution in [-0.4, -0.2) is 49.2 Å². The van der Waals surface area contributed by atoms with E-state index in [-0.39, 0.29) is 41.0 Å². The minimum absolute atomic E-state index is 0.0150. The summed E-state index contributed by atoms with van der Waals surface area (Å²) >= 11 is 0. The summed E-state index contributed by atoms with van der Waals surface area (Å²) in [7, 11) is 1.81. The molecular formula is C22H36O5. The van der Waals surface area contributed by atoms with Gasteiger partial charge in [-0.1, -0.05) is 20.8 Å². The second-order valence-electron chi connectivity index (χ2n) is 9.95. The van der Waals surface area contributed by atoms with Crippen molar-refractivity contribution in [3.05, 3.63) is 0 Å². The largest absolute Gasteiger partial charge is 0.459 e. The number of hydrogen-bond acceptors (Lipinski definition) is 5. The van der Waals surface area contributed by atoms with Crippen molar-refractivity contribution in [2.75, 3.05) is 13.7 Å². The minimum Gasteiger partial charge on any atom is -0.459 e. The summed E-state index contributed by atoms with van der Waals surface area (Å²) in [4.78, 5) is 11.9. The van der Waals surface area contributed by atoms with Crippen molar-refractivity contribution < 1.29 is 24.1 Å². The molecule has 1 N–H and O–H groups in total. The zero-order valence-electron chi connectivity index (χ0n) is 17.3. The summed E-state index contributed by atoms with van der Waals surface area (Å²) in [6, 6.07) is 0. The van der Waals surface area contributed by atoms with Crippen molar-refractivity contribution >= 4 is 5.97 Å². The number of esters is 1. The van der Waals surface area contributed by atoms with Crippen LogP contribution in [0.25, 0.3) is 0 Å². The van der Waals surface area contributed by atoms with Crippen LogP contribution in [0.3, 0.4) is 0 Å². The quantitative estimate of drug-likeness (QED) is 0.761. The van der Waals surface area contributed by atoms with Crippen molar-refractivity contribution in [1.29, 1.82) is 0 Å². The van der Waals surface area contributed by atoms with Gasteiger partial charge in [0.05, 0.1) is 24.9 Å². The normalized spacial score (nSPS) is 51.8. The molecule has 3 aliphatic carbocycles.